The van der Waals surface area contributed by atoms with Crippen molar-refractivity contribution in [3.05, 3.63) is 21.9 Å². The molecule has 1 atom stereocenters. The standard InChI is InChI=1S/C16H22N4O3/c1-9(17-15(21)13-5-14(19-18-13)20(22)23)16-6-10-2-11(7-16)4-12(3-10)8-16/h5,9-12H,2-4,6-8H2,1H3,(H,17,21)(H,18,19)/t9-,10?,11?,12?,16?/m0/s1. The molecule has 4 aliphatic rings. The molecule has 1 heterocycles. The van der Waals surface area contributed by atoms with E-state index in [1.807, 2.05) is 0 Å². The van der Waals surface area contributed by atoms with Crippen LogP contribution in [0.4, 0.5) is 5.82 Å². The molecule has 0 spiro atoms. The molecule has 0 aromatic carbocycles. The highest BCUT2D eigenvalue weighted by Gasteiger charge is 2.53. The topological polar surface area (TPSA) is 101 Å². The van der Waals surface area contributed by atoms with Crippen LogP contribution in [0, 0.1) is 33.3 Å². The van der Waals surface area contributed by atoms with Gasteiger partial charge in [-0.05, 0) is 73.5 Å². The molecule has 0 unspecified atom stereocenters. The van der Waals surface area contributed by atoms with Crippen molar-refractivity contribution in [3.63, 3.8) is 0 Å². The average molecular weight is 318 g/mol. The Bertz CT molecular complexity index is 618. The lowest BCUT2D eigenvalue weighted by Crippen LogP contribution is -2.55. The zero-order chi connectivity index (χ0) is 16.2. The summed E-state index contributed by atoms with van der Waals surface area (Å²) in [5.74, 6) is 1.90. The van der Waals surface area contributed by atoms with E-state index in [-0.39, 0.29) is 28.9 Å². The number of rotatable bonds is 4. The van der Waals surface area contributed by atoms with Gasteiger partial charge in [0.25, 0.3) is 5.91 Å². The summed E-state index contributed by atoms with van der Waals surface area (Å²) in [7, 11) is 0. The van der Waals surface area contributed by atoms with Crippen molar-refractivity contribution in [2.75, 3.05) is 0 Å². The first kappa shape index (κ1) is 14.7. The van der Waals surface area contributed by atoms with E-state index in [0.717, 1.165) is 17.8 Å². The number of aromatic amines is 1. The summed E-state index contributed by atoms with van der Waals surface area (Å²) in [5, 5.41) is 19.8. The molecular formula is C16H22N4O3. The lowest BCUT2D eigenvalue weighted by atomic mass is 9.48. The van der Waals surface area contributed by atoms with Gasteiger partial charge in [0.05, 0.1) is 6.07 Å². The quantitative estimate of drug-likeness (QED) is 0.658. The first-order valence-electron chi connectivity index (χ1n) is 8.46. The van der Waals surface area contributed by atoms with Crippen LogP contribution in [0.1, 0.15) is 55.9 Å². The molecule has 0 radical (unpaired) electrons. The van der Waals surface area contributed by atoms with Gasteiger partial charge in [-0.1, -0.05) is 5.10 Å². The number of carbonyl (C=O) groups is 1. The van der Waals surface area contributed by atoms with Gasteiger partial charge in [0, 0.05) is 6.04 Å². The minimum atomic E-state index is -0.577. The second-order valence-corrected chi connectivity index (χ2v) is 7.87. The summed E-state index contributed by atoms with van der Waals surface area (Å²) in [6.07, 6.45) is 7.73. The van der Waals surface area contributed by atoms with Gasteiger partial charge < -0.3 is 15.4 Å². The zero-order valence-electron chi connectivity index (χ0n) is 13.2. The molecule has 1 aromatic rings. The predicted molar refractivity (Wildman–Crippen MR) is 82.8 cm³/mol. The van der Waals surface area contributed by atoms with Crippen molar-refractivity contribution in [1.82, 2.24) is 15.5 Å². The molecule has 7 nitrogen and oxygen atoms in total. The largest absolute Gasteiger partial charge is 0.358 e. The molecule has 0 aliphatic heterocycles. The maximum absolute atomic E-state index is 12.4. The highest BCUT2D eigenvalue weighted by Crippen LogP contribution is 2.61. The average Bonchev–Trinajstić information content (AvgIpc) is 2.95. The fourth-order valence-electron chi connectivity index (χ4n) is 5.65. The third kappa shape index (κ3) is 2.42. The van der Waals surface area contributed by atoms with Gasteiger partial charge in [0.1, 0.15) is 0 Å². The lowest BCUT2D eigenvalue weighted by molar-refractivity contribution is -0.389. The molecular weight excluding hydrogens is 296 g/mol. The lowest BCUT2D eigenvalue weighted by Gasteiger charge is -2.59. The van der Waals surface area contributed by atoms with Gasteiger partial charge in [-0.2, -0.15) is 0 Å². The van der Waals surface area contributed by atoms with E-state index in [1.54, 1.807) is 0 Å². The SMILES string of the molecule is C[C@H](NC(=O)c1cc([N+](=O)[O-])[nH]n1)C12CC3CC(CC(C3)C1)C2. The van der Waals surface area contributed by atoms with Gasteiger partial charge in [0.15, 0.2) is 5.69 Å². The number of nitro groups is 1. The van der Waals surface area contributed by atoms with Crippen molar-refractivity contribution < 1.29 is 9.72 Å². The van der Waals surface area contributed by atoms with Crippen LogP contribution in [0.3, 0.4) is 0 Å². The Morgan fingerprint density at radius 3 is 2.39 bits per heavy atom. The number of amides is 1. The van der Waals surface area contributed by atoms with Crippen molar-refractivity contribution >= 4 is 11.7 Å². The predicted octanol–water partition coefficient (Wildman–Crippen LogP) is 2.65. The number of nitrogens with zero attached hydrogens (tertiary/aromatic N) is 2. The number of hydrogen-bond acceptors (Lipinski definition) is 4. The van der Waals surface area contributed by atoms with Crippen molar-refractivity contribution in [2.45, 2.75) is 51.5 Å². The number of nitrogens with one attached hydrogen (secondary N) is 2. The van der Waals surface area contributed by atoms with E-state index in [9.17, 15) is 14.9 Å². The number of hydrogen-bond donors (Lipinski definition) is 2. The van der Waals surface area contributed by atoms with E-state index >= 15 is 0 Å². The molecule has 4 bridgehead atoms. The number of H-pyrrole nitrogens is 1. The molecule has 4 saturated carbocycles. The highest BCUT2D eigenvalue weighted by atomic mass is 16.6. The fourth-order valence-corrected chi connectivity index (χ4v) is 5.65. The molecule has 0 saturated heterocycles. The van der Waals surface area contributed by atoms with Gasteiger partial charge in [-0.3, -0.25) is 4.79 Å². The van der Waals surface area contributed by atoms with Crippen LogP contribution < -0.4 is 5.32 Å². The minimum Gasteiger partial charge on any atom is -0.358 e. The van der Waals surface area contributed by atoms with Gasteiger partial charge in [-0.15, -0.1) is 5.10 Å². The molecule has 1 aromatic heterocycles. The van der Waals surface area contributed by atoms with E-state index in [0.29, 0.717) is 0 Å². The fraction of sp³-hybridized carbons (Fsp3) is 0.750. The van der Waals surface area contributed by atoms with Crippen LogP contribution in [0.25, 0.3) is 0 Å². The van der Waals surface area contributed by atoms with Crippen LogP contribution in [0.2, 0.25) is 0 Å². The summed E-state index contributed by atoms with van der Waals surface area (Å²) in [6, 6.07) is 1.28. The Morgan fingerprint density at radius 1 is 1.35 bits per heavy atom. The van der Waals surface area contributed by atoms with Gasteiger partial charge >= 0.3 is 5.82 Å². The number of carbonyl (C=O) groups excluding carboxylic acids is 1. The molecule has 124 valence electrons. The third-order valence-electron chi connectivity index (χ3n) is 6.35. The summed E-state index contributed by atoms with van der Waals surface area (Å²) < 4.78 is 0. The summed E-state index contributed by atoms with van der Waals surface area (Å²) in [5.41, 5.74) is 0.306. The van der Waals surface area contributed by atoms with E-state index < -0.39 is 4.92 Å². The molecule has 7 heteroatoms. The maximum atomic E-state index is 12.4. The van der Waals surface area contributed by atoms with Gasteiger partial charge in [-0.25, -0.2) is 0 Å². The maximum Gasteiger partial charge on any atom is 0.343 e. The molecule has 4 aliphatic carbocycles. The van der Waals surface area contributed by atoms with Crippen molar-refractivity contribution in [3.8, 4) is 0 Å². The van der Waals surface area contributed by atoms with Gasteiger partial charge in [0.2, 0.25) is 0 Å². The normalized spacial score (nSPS) is 36.0. The van der Waals surface area contributed by atoms with Crippen LogP contribution in [-0.2, 0) is 0 Å². The highest BCUT2D eigenvalue weighted by molar-refractivity contribution is 5.92. The van der Waals surface area contributed by atoms with Crippen LogP contribution in [0.15, 0.2) is 6.07 Å². The number of aromatic nitrogens is 2. The molecule has 4 fully saturated rings. The Morgan fingerprint density at radius 2 is 1.91 bits per heavy atom. The smallest absolute Gasteiger partial charge is 0.343 e. The summed E-state index contributed by atoms with van der Waals surface area (Å²) in [4.78, 5) is 22.5. The zero-order valence-corrected chi connectivity index (χ0v) is 13.2. The first-order chi connectivity index (χ1) is 10.9. The Balaban J connectivity index is 1.48. The van der Waals surface area contributed by atoms with E-state index in [2.05, 4.69) is 22.4 Å². The van der Waals surface area contributed by atoms with Crippen molar-refractivity contribution in [1.29, 1.82) is 0 Å². The van der Waals surface area contributed by atoms with Crippen LogP contribution in [0.5, 0.6) is 0 Å². The monoisotopic (exact) mass is 318 g/mol. The molecule has 1 amide bonds. The first-order valence-corrected chi connectivity index (χ1v) is 8.46. The summed E-state index contributed by atoms with van der Waals surface area (Å²) >= 11 is 0. The van der Waals surface area contributed by atoms with E-state index in [4.69, 9.17) is 0 Å². The Hall–Kier alpha value is -1.92. The van der Waals surface area contributed by atoms with Crippen molar-refractivity contribution in [2.24, 2.45) is 23.2 Å². The third-order valence-corrected chi connectivity index (χ3v) is 6.35. The second kappa shape index (κ2) is 5.04. The molecule has 5 rings (SSSR count). The minimum absolute atomic E-state index is 0.0826. The Labute approximate surface area is 134 Å². The second-order valence-electron chi connectivity index (χ2n) is 7.87. The summed E-state index contributed by atoms with van der Waals surface area (Å²) in [6.45, 7) is 2.09. The molecule has 2 N–H and O–H groups in total. The Kier molecular flexibility index (Phi) is 3.21. The van der Waals surface area contributed by atoms with E-state index in [1.165, 1.54) is 44.6 Å². The van der Waals surface area contributed by atoms with Crippen LogP contribution >= 0.6 is 0 Å². The molecule has 23 heavy (non-hydrogen) atoms. The van der Waals surface area contributed by atoms with Crippen LogP contribution in [-0.4, -0.2) is 27.1 Å².